The van der Waals surface area contributed by atoms with Crippen molar-refractivity contribution in [1.29, 1.82) is 0 Å². The number of hydrogen-bond acceptors (Lipinski definition) is 3. The van der Waals surface area contributed by atoms with Crippen LogP contribution in [-0.2, 0) is 4.74 Å². The second-order valence-electron chi connectivity index (χ2n) is 4.17. The van der Waals surface area contributed by atoms with Gasteiger partial charge in [0.2, 0.25) is 9.69 Å². The van der Waals surface area contributed by atoms with Crippen LogP contribution in [0.3, 0.4) is 0 Å². The van der Waals surface area contributed by atoms with E-state index in [4.69, 9.17) is 51.8 Å². The van der Waals surface area contributed by atoms with Gasteiger partial charge >= 0.3 is 0 Å². The lowest BCUT2D eigenvalue weighted by molar-refractivity contribution is 0.397. The number of ether oxygens (including phenoxy) is 1. The average molecular weight is 369 g/mol. The summed E-state index contributed by atoms with van der Waals surface area (Å²) in [5, 5.41) is 5.86. The molecule has 4 nitrogen and oxygen atoms in total. The van der Waals surface area contributed by atoms with Crippen molar-refractivity contribution in [1.82, 2.24) is 10.6 Å². The summed E-state index contributed by atoms with van der Waals surface area (Å²) >= 11 is 22.8. The molecule has 116 valence electrons. The largest absolute Gasteiger partial charge is 0.481 e. The average Bonchev–Trinajstić information content (AvgIpc) is 2.43. The van der Waals surface area contributed by atoms with Crippen molar-refractivity contribution < 1.29 is 4.74 Å². The fourth-order valence-corrected chi connectivity index (χ4v) is 1.86. The SMILES string of the molecule is CNC(=S)N[C@H](N=C(OC)c1ccc(C)cc1)C(Cl)(Cl)Cl. The highest BCUT2D eigenvalue weighted by molar-refractivity contribution is 7.80. The lowest BCUT2D eigenvalue weighted by Crippen LogP contribution is -2.46. The highest BCUT2D eigenvalue weighted by Crippen LogP contribution is 2.31. The van der Waals surface area contributed by atoms with E-state index in [1.54, 1.807) is 7.05 Å². The Morgan fingerprint density at radius 3 is 2.29 bits per heavy atom. The van der Waals surface area contributed by atoms with E-state index in [0.717, 1.165) is 11.1 Å². The van der Waals surface area contributed by atoms with Gasteiger partial charge in [-0.25, -0.2) is 4.99 Å². The van der Waals surface area contributed by atoms with Crippen molar-refractivity contribution in [3.05, 3.63) is 35.4 Å². The summed E-state index contributed by atoms with van der Waals surface area (Å²) in [5.74, 6) is 0.345. The maximum Gasteiger partial charge on any atom is 0.230 e. The zero-order chi connectivity index (χ0) is 16.0. The summed E-state index contributed by atoms with van der Waals surface area (Å²) in [4.78, 5) is 4.31. The van der Waals surface area contributed by atoms with E-state index in [1.165, 1.54) is 7.11 Å². The quantitative estimate of drug-likeness (QED) is 0.372. The summed E-state index contributed by atoms with van der Waals surface area (Å²) in [6.07, 6.45) is -0.890. The van der Waals surface area contributed by atoms with Crippen molar-refractivity contribution in [2.24, 2.45) is 4.99 Å². The van der Waals surface area contributed by atoms with Crippen LogP contribution in [0.5, 0.6) is 0 Å². The van der Waals surface area contributed by atoms with Crippen LogP contribution in [0, 0.1) is 6.92 Å². The third kappa shape index (κ3) is 5.87. The van der Waals surface area contributed by atoms with E-state index in [2.05, 4.69) is 15.6 Å². The molecule has 0 aliphatic heterocycles. The molecule has 0 saturated carbocycles. The third-order valence-corrected chi connectivity index (χ3v) is 3.49. The first-order chi connectivity index (χ1) is 9.77. The van der Waals surface area contributed by atoms with Crippen LogP contribution in [0.15, 0.2) is 29.3 Å². The predicted molar refractivity (Wildman–Crippen MR) is 93.6 cm³/mol. The number of aryl methyl sites for hydroxylation is 1. The molecule has 0 aromatic heterocycles. The minimum absolute atomic E-state index is 0.314. The van der Waals surface area contributed by atoms with Gasteiger partial charge in [0, 0.05) is 12.6 Å². The number of aliphatic imine (C=N–C) groups is 1. The Balaban J connectivity index is 3.10. The molecular weight excluding hydrogens is 353 g/mol. The summed E-state index contributed by atoms with van der Waals surface area (Å²) in [5.41, 5.74) is 1.90. The molecule has 1 aromatic rings. The number of benzene rings is 1. The monoisotopic (exact) mass is 367 g/mol. The molecule has 21 heavy (non-hydrogen) atoms. The number of rotatable bonds is 3. The van der Waals surface area contributed by atoms with Crippen LogP contribution in [-0.4, -0.2) is 35.1 Å². The molecule has 0 heterocycles. The Morgan fingerprint density at radius 1 is 1.29 bits per heavy atom. The standard InChI is InChI=1S/C13H16Cl3N3OS/c1-8-4-6-9(7-5-8)10(20-3)18-11(13(14,15)16)19-12(21)17-2/h4-7,11H,1-3H3,(H2,17,19,21)/t11-/m0/s1. The molecule has 0 spiro atoms. The van der Waals surface area contributed by atoms with Gasteiger partial charge in [-0.05, 0) is 31.3 Å². The molecule has 2 N–H and O–H groups in total. The molecule has 8 heteroatoms. The number of thiocarbonyl (C=S) groups is 1. The van der Waals surface area contributed by atoms with E-state index < -0.39 is 9.96 Å². The van der Waals surface area contributed by atoms with Gasteiger partial charge in [0.25, 0.3) is 0 Å². The minimum atomic E-state index is -1.69. The topological polar surface area (TPSA) is 45.7 Å². The molecule has 0 saturated heterocycles. The number of alkyl halides is 3. The van der Waals surface area contributed by atoms with E-state index in [-0.39, 0.29) is 0 Å². The van der Waals surface area contributed by atoms with Gasteiger partial charge in [-0.2, -0.15) is 0 Å². The highest BCUT2D eigenvalue weighted by atomic mass is 35.6. The van der Waals surface area contributed by atoms with Gasteiger partial charge in [-0.3, -0.25) is 0 Å². The summed E-state index contributed by atoms with van der Waals surface area (Å²) in [7, 11) is 3.16. The lowest BCUT2D eigenvalue weighted by Gasteiger charge is -2.23. The fraction of sp³-hybridized carbons (Fsp3) is 0.385. The first-order valence-electron chi connectivity index (χ1n) is 6.01. The molecule has 0 fully saturated rings. The number of nitrogens with zero attached hydrogens (tertiary/aromatic N) is 1. The van der Waals surface area contributed by atoms with E-state index in [9.17, 15) is 0 Å². The lowest BCUT2D eigenvalue weighted by atomic mass is 10.1. The van der Waals surface area contributed by atoms with E-state index in [0.29, 0.717) is 11.0 Å². The second kappa shape index (κ2) is 8.03. The number of halogens is 3. The van der Waals surface area contributed by atoms with Crippen LogP contribution >= 0.6 is 47.0 Å². The van der Waals surface area contributed by atoms with Gasteiger partial charge in [-0.1, -0.05) is 52.5 Å². The van der Waals surface area contributed by atoms with Crippen molar-refractivity contribution in [3.63, 3.8) is 0 Å². The maximum atomic E-state index is 5.93. The molecule has 0 aliphatic rings. The molecule has 0 bridgehead atoms. The van der Waals surface area contributed by atoms with Crippen LogP contribution in [0.1, 0.15) is 11.1 Å². The number of hydrogen-bond donors (Lipinski definition) is 2. The molecule has 1 aromatic carbocycles. The van der Waals surface area contributed by atoms with Crippen LogP contribution in [0.4, 0.5) is 0 Å². The molecule has 0 amide bonds. The zero-order valence-electron chi connectivity index (χ0n) is 11.8. The van der Waals surface area contributed by atoms with Gasteiger partial charge in [-0.15, -0.1) is 0 Å². The Labute approximate surface area is 144 Å². The van der Waals surface area contributed by atoms with Gasteiger partial charge in [0.15, 0.2) is 11.3 Å². The van der Waals surface area contributed by atoms with Crippen LogP contribution < -0.4 is 10.6 Å². The maximum absolute atomic E-state index is 5.93. The van der Waals surface area contributed by atoms with Crippen molar-refractivity contribution >= 4 is 58.0 Å². The van der Waals surface area contributed by atoms with Crippen LogP contribution in [0.2, 0.25) is 0 Å². The molecule has 0 unspecified atom stereocenters. The summed E-state index contributed by atoms with van der Waals surface area (Å²) in [6.45, 7) is 1.99. The second-order valence-corrected chi connectivity index (χ2v) is 6.95. The Morgan fingerprint density at radius 2 is 1.86 bits per heavy atom. The Bertz CT molecular complexity index is 514. The number of methoxy groups -OCH3 is 1. The number of nitrogens with one attached hydrogen (secondary N) is 2. The normalized spacial score (nSPS) is 13.5. The molecule has 0 aliphatic carbocycles. The van der Waals surface area contributed by atoms with E-state index in [1.807, 2.05) is 31.2 Å². The minimum Gasteiger partial charge on any atom is -0.481 e. The van der Waals surface area contributed by atoms with Gasteiger partial charge in [0.1, 0.15) is 0 Å². The fourth-order valence-electron chi connectivity index (χ4n) is 1.44. The van der Waals surface area contributed by atoms with E-state index >= 15 is 0 Å². The Hall–Kier alpha value is -0.750. The molecule has 0 radical (unpaired) electrons. The summed E-state index contributed by atoms with van der Waals surface area (Å²) < 4.78 is 3.60. The highest BCUT2D eigenvalue weighted by Gasteiger charge is 2.33. The zero-order valence-corrected chi connectivity index (χ0v) is 14.9. The van der Waals surface area contributed by atoms with Crippen molar-refractivity contribution in [2.75, 3.05) is 14.2 Å². The predicted octanol–water partition coefficient (Wildman–Crippen LogP) is 3.18. The van der Waals surface area contributed by atoms with Gasteiger partial charge < -0.3 is 15.4 Å². The Kier molecular flexibility index (Phi) is 7.00. The van der Waals surface area contributed by atoms with Crippen LogP contribution in [0.25, 0.3) is 0 Å². The first-order valence-corrected chi connectivity index (χ1v) is 7.56. The molecular formula is C13H16Cl3N3OS. The first kappa shape index (κ1) is 18.3. The third-order valence-electron chi connectivity index (χ3n) is 2.54. The van der Waals surface area contributed by atoms with Crippen molar-refractivity contribution in [2.45, 2.75) is 16.9 Å². The molecule has 1 atom stereocenters. The van der Waals surface area contributed by atoms with Gasteiger partial charge in [0.05, 0.1) is 7.11 Å². The smallest absolute Gasteiger partial charge is 0.230 e. The summed E-state index contributed by atoms with van der Waals surface area (Å²) in [6, 6.07) is 7.65. The van der Waals surface area contributed by atoms with Crippen molar-refractivity contribution in [3.8, 4) is 0 Å². The molecule has 1 rings (SSSR count).